The first-order valence-corrected chi connectivity index (χ1v) is 6.00. The van der Waals surface area contributed by atoms with Gasteiger partial charge in [0.25, 0.3) is 5.88 Å². The number of ether oxygens (including phenoxy) is 1. The molecule has 7 heteroatoms. The highest BCUT2D eigenvalue weighted by Crippen LogP contribution is 2.30. The van der Waals surface area contributed by atoms with Crippen LogP contribution in [0.5, 0.6) is 5.88 Å². The van der Waals surface area contributed by atoms with Gasteiger partial charge in [0, 0.05) is 0 Å². The molecule has 2 N–H and O–H groups in total. The topological polar surface area (TPSA) is 104 Å². The van der Waals surface area contributed by atoms with Crippen molar-refractivity contribution in [1.29, 1.82) is 0 Å². The summed E-state index contributed by atoms with van der Waals surface area (Å²) in [4.78, 5) is 17.7. The summed E-state index contributed by atoms with van der Waals surface area (Å²) >= 11 is 0. The number of anilines is 1. The molecule has 0 spiro atoms. The Kier molecular flexibility index (Phi) is 3.59. The van der Waals surface area contributed by atoms with Gasteiger partial charge in [-0.1, -0.05) is 13.3 Å². The van der Waals surface area contributed by atoms with Crippen molar-refractivity contribution >= 4 is 11.6 Å². The summed E-state index contributed by atoms with van der Waals surface area (Å²) in [5.41, 5.74) is 5.20. The standard InChI is InChI=1S/C11H16N4O3/c1-7-3-2-4-8(5-7)18-10-9(15(16)17)6-13-11(12)14-10/h6-8H,2-5H2,1H3,(H2,12,13,14). The molecule has 2 unspecified atom stereocenters. The zero-order valence-corrected chi connectivity index (χ0v) is 10.2. The van der Waals surface area contributed by atoms with Crippen LogP contribution in [0, 0.1) is 16.0 Å². The summed E-state index contributed by atoms with van der Waals surface area (Å²) in [5, 5.41) is 10.8. The molecule has 0 amide bonds. The largest absolute Gasteiger partial charge is 0.469 e. The second kappa shape index (κ2) is 5.16. The van der Waals surface area contributed by atoms with Gasteiger partial charge in [-0.25, -0.2) is 4.98 Å². The average molecular weight is 252 g/mol. The predicted octanol–water partition coefficient (Wildman–Crippen LogP) is 1.92. The minimum Gasteiger partial charge on any atom is -0.469 e. The summed E-state index contributed by atoms with van der Waals surface area (Å²) in [6.45, 7) is 2.15. The van der Waals surface area contributed by atoms with Crippen LogP contribution < -0.4 is 10.5 Å². The quantitative estimate of drug-likeness (QED) is 0.651. The molecule has 1 aromatic heterocycles. The van der Waals surface area contributed by atoms with Gasteiger partial charge >= 0.3 is 5.69 Å². The summed E-state index contributed by atoms with van der Waals surface area (Å²) in [5.74, 6) is 0.535. The van der Waals surface area contributed by atoms with E-state index < -0.39 is 4.92 Å². The molecule has 0 bridgehead atoms. The lowest BCUT2D eigenvalue weighted by Crippen LogP contribution is -2.25. The van der Waals surface area contributed by atoms with E-state index in [0.29, 0.717) is 5.92 Å². The number of nitro groups is 1. The molecule has 7 nitrogen and oxygen atoms in total. The van der Waals surface area contributed by atoms with Crippen LogP contribution in [0.1, 0.15) is 32.6 Å². The Balaban J connectivity index is 2.16. The molecule has 0 radical (unpaired) electrons. The Morgan fingerprint density at radius 2 is 2.33 bits per heavy atom. The van der Waals surface area contributed by atoms with Crippen LogP contribution in [-0.2, 0) is 0 Å². The molecule has 1 aliphatic carbocycles. The molecule has 98 valence electrons. The summed E-state index contributed by atoms with van der Waals surface area (Å²) < 4.78 is 5.63. The predicted molar refractivity (Wildman–Crippen MR) is 65.1 cm³/mol. The van der Waals surface area contributed by atoms with Crippen LogP contribution in [-0.4, -0.2) is 21.0 Å². The van der Waals surface area contributed by atoms with Crippen molar-refractivity contribution < 1.29 is 9.66 Å². The van der Waals surface area contributed by atoms with Crippen LogP contribution in [0.4, 0.5) is 11.6 Å². The number of nitrogens with zero attached hydrogens (tertiary/aromatic N) is 3. The highest BCUT2D eigenvalue weighted by molar-refractivity contribution is 5.41. The molecular weight excluding hydrogens is 236 g/mol. The first-order chi connectivity index (χ1) is 8.56. The van der Waals surface area contributed by atoms with E-state index in [-0.39, 0.29) is 23.6 Å². The minimum absolute atomic E-state index is 0.0144. The van der Waals surface area contributed by atoms with Gasteiger partial charge in [-0.3, -0.25) is 10.1 Å². The Morgan fingerprint density at radius 1 is 1.56 bits per heavy atom. The zero-order chi connectivity index (χ0) is 13.1. The fourth-order valence-corrected chi connectivity index (χ4v) is 2.23. The molecular formula is C11H16N4O3. The summed E-state index contributed by atoms with van der Waals surface area (Å²) in [6, 6.07) is 0. The average Bonchev–Trinajstić information content (AvgIpc) is 2.28. The maximum atomic E-state index is 10.8. The Hall–Kier alpha value is -1.92. The van der Waals surface area contributed by atoms with E-state index in [1.54, 1.807) is 0 Å². The number of hydrogen-bond donors (Lipinski definition) is 1. The molecule has 1 aliphatic rings. The zero-order valence-electron chi connectivity index (χ0n) is 10.2. The fourth-order valence-electron chi connectivity index (χ4n) is 2.23. The SMILES string of the molecule is CC1CCCC(Oc2nc(N)ncc2[N+](=O)[O-])C1. The maximum absolute atomic E-state index is 10.8. The van der Waals surface area contributed by atoms with Crippen molar-refractivity contribution in [2.45, 2.75) is 38.7 Å². The van der Waals surface area contributed by atoms with Crippen LogP contribution >= 0.6 is 0 Å². The molecule has 0 saturated heterocycles. The van der Waals surface area contributed by atoms with Gasteiger partial charge in [0.05, 0.1) is 4.92 Å². The second-order valence-corrected chi connectivity index (χ2v) is 4.69. The van der Waals surface area contributed by atoms with Gasteiger partial charge < -0.3 is 10.5 Å². The summed E-state index contributed by atoms with van der Waals surface area (Å²) in [7, 11) is 0. The number of nitrogens with two attached hydrogens (primary N) is 1. The number of aromatic nitrogens is 2. The molecule has 1 fully saturated rings. The van der Waals surface area contributed by atoms with E-state index >= 15 is 0 Å². The number of nitrogen functional groups attached to an aromatic ring is 1. The van der Waals surface area contributed by atoms with Gasteiger partial charge in [-0.2, -0.15) is 4.98 Å². The van der Waals surface area contributed by atoms with Crippen molar-refractivity contribution in [2.24, 2.45) is 5.92 Å². The van der Waals surface area contributed by atoms with E-state index in [1.807, 2.05) is 0 Å². The third kappa shape index (κ3) is 2.85. The molecule has 0 aliphatic heterocycles. The molecule has 2 atom stereocenters. The third-order valence-electron chi connectivity index (χ3n) is 3.12. The van der Waals surface area contributed by atoms with E-state index in [1.165, 1.54) is 6.42 Å². The lowest BCUT2D eigenvalue weighted by atomic mass is 9.89. The number of rotatable bonds is 3. The van der Waals surface area contributed by atoms with E-state index in [2.05, 4.69) is 16.9 Å². The van der Waals surface area contributed by atoms with Crippen LogP contribution in [0.25, 0.3) is 0 Å². The van der Waals surface area contributed by atoms with E-state index in [0.717, 1.165) is 25.5 Å². The van der Waals surface area contributed by atoms with Gasteiger partial charge in [-0.05, 0) is 25.2 Å². The van der Waals surface area contributed by atoms with Crippen molar-refractivity contribution in [3.63, 3.8) is 0 Å². The normalized spacial score (nSPS) is 23.6. The van der Waals surface area contributed by atoms with Gasteiger partial charge in [0.1, 0.15) is 12.3 Å². The van der Waals surface area contributed by atoms with Gasteiger partial charge in [-0.15, -0.1) is 0 Å². The first-order valence-electron chi connectivity index (χ1n) is 6.00. The molecule has 2 rings (SSSR count). The van der Waals surface area contributed by atoms with Crippen LogP contribution in [0.15, 0.2) is 6.20 Å². The Labute approximate surface area is 105 Å². The molecule has 18 heavy (non-hydrogen) atoms. The molecule has 1 aromatic rings. The van der Waals surface area contributed by atoms with Crippen molar-refractivity contribution in [1.82, 2.24) is 9.97 Å². The monoisotopic (exact) mass is 252 g/mol. The van der Waals surface area contributed by atoms with Crippen molar-refractivity contribution in [3.05, 3.63) is 16.3 Å². The maximum Gasteiger partial charge on any atom is 0.349 e. The highest BCUT2D eigenvalue weighted by atomic mass is 16.6. The van der Waals surface area contributed by atoms with Gasteiger partial charge in [0.2, 0.25) is 5.95 Å². The third-order valence-corrected chi connectivity index (χ3v) is 3.12. The van der Waals surface area contributed by atoms with E-state index in [9.17, 15) is 10.1 Å². The van der Waals surface area contributed by atoms with Crippen molar-refractivity contribution in [2.75, 3.05) is 5.73 Å². The van der Waals surface area contributed by atoms with E-state index in [4.69, 9.17) is 10.5 Å². The fraction of sp³-hybridized carbons (Fsp3) is 0.636. The Bertz CT molecular complexity index is 452. The lowest BCUT2D eigenvalue weighted by molar-refractivity contribution is -0.386. The molecule has 1 heterocycles. The molecule has 1 saturated carbocycles. The minimum atomic E-state index is -0.555. The second-order valence-electron chi connectivity index (χ2n) is 4.69. The summed E-state index contributed by atoms with van der Waals surface area (Å²) in [6.07, 6.45) is 5.09. The molecule has 0 aromatic carbocycles. The van der Waals surface area contributed by atoms with Crippen LogP contribution in [0.3, 0.4) is 0 Å². The van der Waals surface area contributed by atoms with Crippen LogP contribution in [0.2, 0.25) is 0 Å². The van der Waals surface area contributed by atoms with Gasteiger partial charge in [0.15, 0.2) is 0 Å². The Morgan fingerprint density at radius 3 is 3.00 bits per heavy atom. The number of hydrogen-bond acceptors (Lipinski definition) is 6. The lowest BCUT2D eigenvalue weighted by Gasteiger charge is -2.26. The van der Waals surface area contributed by atoms with Crippen molar-refractivity contribution in [3.8, 4) is 5.88 Å². The first kappa shape index (κ1) is 12.5. The smallest absolute Gasteiger partial charge is 0.349 e. The highest BCUT2D eigenvalue weighted by Gasteiger charge is 2.25.